The number of rotatable bonds is 5. The lowest BCUT2D eigenvalue weighted by atomic mass is 9.80. The molecule has 0 aromatic carbocycles. The van der Waals surface area contributed by atoms with Gasteiger partial charge in [0.2, 0.25) is 5.95 Å². The van der Waals surface area contributed by atoms with E-state index in [9.17, 15) is 13.2 Å². The van der Waals surface area contributed by atoms with Crippen molar-refractivity contribution in [1.82, 2.24) is 34.5 Å². The Labute approximate surface area is 170 Å². The smallest absolute Gasteiger partial charge is 0.321 e. The monoisotopic (exact) mass is 418 g/mol. The van der Waals surface area contributed by atoms with Crippen molar-refractivity contribution in [2.24, 2.45) is 7.05 Å². The summed E-state index contributed by atoms with van der Waals surface area (Å²) in [6.45, 7) is 1.85. The third kappa shape index (κ3) is 3.41. The molecule has 2 fully saturated rings. The molecule has 30 heavy (non-hydrogen) atoms. The van der Waals surface area contributed by atoms with Crippen molar-refractivity contribution in [1.29, 1.82) is 0 Å². The van der Waals surface area contributed by atoms with Crippen LogP contribution in [0.15, 0.2) is 18.7 Å². The molecule has 0 amide bonds. The molecule has 3 heterocycles. The minimum absolute atomic E-state index is 0.0792. The molecule has 0 unspecified atom stereocenters. The molecule has 8 nitrogen and oxygen atoms in total. The van der Waals surface area contributed by atoms with Gasteiger partial charge in [-0.1, -0.05) is 0 Å². The highest BCUT2D eigenvalue weighted by molar-refractivity contribution is 5.55. The Morgan fingerprint density at radius 1 is 1.13 bits per heavy atom. The molecule has 3 aromatic rings. The molecule has 2 saturated carbocycles. The first-order valence-corrected chi connectivity index (χ1v) is 9.90. The fraction of sp³-hybridized carbons (Fsp3) is 0.526. The molecular formula is C19H21F3N8. The van der Waals surface area contributed by atoms with Crippen LogP contribution in [0.5, 0.6) is 0 Å². The molecule has 1 N–H and O–H groups in total. The van der Waals surface area contributed by atoms with Crippen molar-refractivity contribution in [2.75, 3.05) is 5.32 Å². The molecule has 3 aromatic heterocycles. The first-order chi connectivity index (χ1) is 14.3. The van der Waals surface area contributed by atoms with Gasteiger partial charge < -0.3 is 5.32 Å². The normalized spacial score (nSPS) is 21.5. The van der Waals surface area contributed by atoms with Crippen LogP contribution in [-0.2, 0) is 13.2 Å². The number of hydrogen-bond donors (Lipinski definition) is 1. The Bertz CT molecular complexity index is 1080. The van der Waals surface area contributed by atoms with Gasteiger partial charge in [-0.3, -0.25) is 9.36 Å². The molecule has 2 aliphatic carbocycles. The summed E-state index contributed by atoms with van der Waals surface area (Å²) in [5, 5.41) is 11.7. The summed E-state index contributed by atoms with van der Waals surface area (Å²) in [5.41, 5.74) is 0.773. The number of hydrogen-bond acceptors (Lipinski definition) is 6. The molecule has 11 heteroatoms. The van der Waals surface area contributed by atoms with Crippen LogP contribution in [0.1, 0.15) is 66.3 Å². The Hall–Kier alpha value is -2.98. The van der Waals surface area contributed by atoms with E-state index in [2.05, 4.69) is 30.5 Å². The van der Waals surface area contributed by atoms with Crippen LogP contribution in [0, 0.1) is 6.92 Å². The van der Waals surface area contributed by atoms with Crippen LogP contribution in [0.2, 0.25) is 0 Å². The average Bonchev–Trinajstić information content (AvgIpc) is 3.33. The van der Waals surface area contributed by atoms with Gasteiger partial charge in [0.25, 0.3) is 0 Å². The standard InChI is InChI=1S/C19H21F3N8/c1-10-15(8-30(28-10)13-5-12(6-13)17-24-9-25-29(17)2)26-18-23-7-14(19(20,21)22)16(27-18)11-3-4-11/h7-9,11-13H,3-6H2,1-2H3,(H,23,26,27)/t12-,13-. The first kappa shape index (κ1) is 19.0. The summed E-state index contributed by atoms with van der Waals surface area (Å²) in [6, 6.07) is 0.247. The lowest BCUT2D eigenvalue weighted by Gasteiger charge is -2.34. The van der Waals surface area contributed by atoms with Gasteiger partial charge >= 0.3 is 6.18 Å². The fourth-order valence-electron chi connectivity index (χ4n) is 3.94. The molecule has 5 rings (SSSR count). The van der Waals surface area contributed by atoms with E-state index in [1.165, 1.54) is 0 Å². The summed E-state index contributed by atoms with van der Waals surface area (Å²) in [6.07, 6.45) is 3.13. The van der Waals surface area contributed by atoms with Crippen LogP contribution in [0.4, 0.5) is 24.8 Å². The molecular weight excluding hydrogens is 397 g/mol. The quantitative estimate of drug-likeness (QED) is 0.677. The van der Waals surface area contributed by atoms with Crippen LogP contribution in [0.3, 0.4) is 0 Å². The Morgan fingerprint density at radius 2 is 1.90 bits per heavy atom. The summed E-state index contributed by atoms with van der Waals surface area (Å²) in [4.78, 5) is 12.4. The van der Waals surface area contributed by atoms with Gasteiger partial charge in [-0.2, -0.15) is 23.4 Å². The van der Waals surface area contributed by atoms with Gasteiger partial charge in [-0.15, -0.1) is 0 Å². The van der Waals surface area contributed by atoms with Crippen molar-refractivity contribution < 1.29 is 13.2 Å². The van der Waals surface area contributed by atoms with Crippen molar-refractivity contribution >= 4 is 11.6 Å². The topological polar surface area (TPSA) is 86.3 Å². The second-order valence-corrected chi connectivity index (χ2v) is 8.06. The van der Waals surface area contributed by atoms with E-state index in [0.717, 1.165) is 43.4 Å². The SMILES string of the molecule is Cc1nn([C@H]2C[C@H](c3ncnn3C)C2)cc1Nc1ncc(C(F)(F)F)c(C2CC2)n1. The second-order valence-electron chi connectivity index (χ2n) is 8.06. The number of anilines is 2. The highest BCUT2D eigenvalue weighted by atomic mass is 19.4. The minimum atomic E-state index is -4.44. The largest absolute Gasteiger partial charge is 0.419 e. The molecule has 0 saturated heterocycles. The number of aryl methyl sites for hydroxylation is 2. The lowest BCUT2D eigenvalue weighted by molar-refractivity contribution is -0.138. The number of alkyl halides is 3. The summed E-state index contributed by atoms with van der Waals surface area (Å²) in [7, 11) is 1.88. The Kier molecular flexibility index (Phi) is 4.30. The maximum absolute atomic E-state index is 13.2. The summed E-state index contributed by atoms with van der Waals surface area (Å²) < 4.78 is 43.4. The van der Waals surface area contributed by atoms with Crippen LogP contribution < -0.4 is 5.32 Å². The predicted molar refractivity (Wildman–Crippen MR) is 101 cm³/mol. The first-order valence-electron chi connectivity index (χ1n) is 9.90. The number of aromatic nitrogens is 7. The summed E-state index contributed by atoms with van der Waals surface area (Å²) >= 11 is 0. The van der Waals surface area contributed by atoms with E-state index >= 15 is 0 Å². The van der Waals surface area contributed by atoms with Crippen LogP contribution in [-0.4, -0.2) is 34.5 Å². The van der Waals surface area contributed by atoms with Gasteiger partial charge in [0.05, 0.1) is 28.7 Å². The molecule has 2 aliphatic rings. The lowest BCUT2D eigenvalue weighted by Crippen LogP contribution is -2.27. The zero-order chi connectivity index (χ0) is 21.0. The van der Waals surface area contributed by atoms with E-state index in [1.807, 2.05) is 24.9 Å². The molecule has 0 aliphatic heterocycles. The average molecular weight is 418 g/mol. The van der Waals surface area contributed by atoms with E-state index < -0.39 is 11.7 Å². The van der Waals surface area contributed by atoms with Gasteiger partial charge in [-0.25, -0.2) is 15.0 Å². The molecule has 0 atom stereocenters. The molecule has 0 radical (unpaired) electrons. The highest BCUT2D eigenvalue weighted by Gasteiger charge is 2.40. The second kappa shape index (κ2) is 6.78. The van der Waals surface area contributed by atoms with Crippen LogP contribution >= 0.6 is 0 Å². The third-order valence-electron chi connectivity index (χ3n) is 5.85. The van der Waals surface area contributed by atoms with Gasteiger partial charge in [0.15, 0.2) is 0 Å². The zero-order valence-corrected chi connectivity index (χ0v) is 16.6. The van der Waals surface area contributed by atoms with Crippen molar-refractivity contribution in [3.63, 3.8) is 0 Å². The van der Waals surface area contributed by atoms with Crippen molar-refractivity contribution in [3.05, 3.63) is 41.5 Å². The van der Waals surface area contributed by atoms with E-state index in [0.29, 0.717) is 11.6 Å². The Balaban J connectivity index is 1.32. The molecule has 158 valence electrons. The third-order valence-corrected chi connectivity index (χ3v) is 5.85. The molecule has 0 bridgehead atoms. The summed E-state index contributed by atoms with van der Waals surface area (Å²) in [5.74, 6) is 1.35. The predicted octanol–water partition coefficient (Wildman–Crippen LogP) is 3.87. The van der Waals surface area contributed by atoms with Gasteiger partial charge in [0, 0.05) is 31.3 Å². The maximum Gasteiger partial charge on any atom is 0.419 e. The number of halogens is 3. The van der Waals surface area contributed by atoms with E-state index in [4.69, 9.17) is 0 Å². The maximum atomic E-state index is 13.2. The van der Waals surface area contributed by atoms with E-state index in [-0.39, 0.29) is 23.6 Å². The van der Waals surface area contributed by atoms with E-state index in [1.54, 1.807) is 11.0 Å². The van der Waals surface area contributed by atoms with Crippen molar-refractivity contribution in [3.8, 4) is 0 Å². The number of nitrogens with one attached hydrogen (secondary N) is 1. The Morgan fingerprint density at radius 3 is 2.53 bits per heavy atom. The van der Waals surface area contributed by atoms with Gasteiger partial charge in [0.1, 0.15) is 12.2 Å². The molecule has 0 spiro atoms. The fourth-order valence-corrected chi connectivity index (χ4v) is 3.94. The zero-order valence-electron chi connectivity index (χ0n) is 16.6. The van der Waals surface area contributed by atoms with Crippen LogP contribution in [0.25, 0.3) is 0 Å². The number of nitrogens with zero attached hydrogens (tertiary/aromatic N) is 7. The minimum Gasteiger partial charge on any atom is -0.321 e. The van der Waals surface area contributed by atoms with Crippen molar-refractivity contribution in [2.45, 2.75) is 56.7 Å². The van der Waals surface area contributed by atoms with Gasteiger partial charge in [-0.05, 0) is 32.6 Å². The highest BCUT2D eigenvalue weighted by Crippen LogP contribution is 2.45.